The fourth-order valence-electron chi connectivity index (χ4n) is 12.0. The molecule has 2 aromatic carbocycles. The minimum Gasteiger partial charge on any atom is -0.458 e. The second-order valence-corrected chi connectivity index (χ2v) is 24.7. The van der Waals surface area contributed by atoms with Crippen LogP contribution in [0.3, 0.4) is 0 Å². The maximum Gasteiger partial charge on any atom is 0.343 e. The predicted molar refractivity (Wildman–Crippen MR) is 367 cm³/mol. The van der Waals surface area contributed by atoms with Crippen molar-refractivity contribution in [3.8, 4) is 11.4 Å². The summed E-state index contributed by atoms with van der Waals surface area (Å²) in [5.41, 5.74) is 1.88. The molecule has 8 rings (SSSR count). The summed E-state index contributed by atoms with van der Waals surface area (Å²) in [6, 6.07) is 9.87. The monoisotopic (exact) mass is 1460 g/mol. The van der Waals surface area contributed by atoms with Gasteiger partial charge in [-0.25, -0.2) is 14.2 Å². The largest absolute Gasteiger partial charge is 0.458 e. The van der Waals surface area contributed by atoms with Crippen molar-refractivity contribution in [3.05, 3.63) is 110 Å². The molecule has 7 N–H and O–H groups in total. The molecular weight excluding hydrogens is 1360 g/mol. The number of carbonyl (C=O) groups is 10. The van der Waals surface area contributed by atoms with Crippen LogP contribution in [0, 0.1) is 12.7 Å². The lowest BCUT2D eigenvalue weighted by Gasteiger charge is -2.35. The molecule has 3 atom stereocenters. The predicted octanol–water partition coefficient (Wildman–Crippen LogP) is -0.126. The van der Waals surface area contributed by atoms with Gasteiger partial charge in [-0.2, -0.15) is 0 Å². The zero-order valence-electron chi connectivity index (χ0n) is 58.9. The molecule has 32 nitrogen and oxygen atoms in total. The van der Waals surface area contributed by atoms with E-state index in [0.717, 1.165) is 12.0 Å². The van der Waals surface area contributed by atoms with E-state index in [1.54, 1.807) is 57.3 Å². The number of esters is 1. The Morgan fingerprint density at radius 2 is 1.26 bits per heavy atom. The van der Waals surface area contributed by atoms with Gasteiger partial charge >= 0.3 is 5.97 Å². The Morgan fingerprint density at radius 3 is 1.89 bits per heavy atom. The van der Waals surface area contributed by atoms with Gasteiger partial charge in [-0.3, -0.25) is 52.8 Å². The molecular formula is C71H93FN10O22. The Kier molecular flexibility index (Phi) is 32.2. The number of cyclic esters (lactones) is 1. The van der Waals surface area contributed by atoms with Gasteiger partial charge in [-0.05, 0) is 67.3 Å². The van der Waals surface area contributed by atoms with E-state index in [-0.39, 0.29) is 81.3 Å². The number of likely N-dealkylation sites (N-methyl/N-ethyl adjacent to an activating group) is 1. The Morgan fingerprint density at radius 1 is 0.673 bits per heavy atom. The van der Waals surface area contributed by atoms with Crippen LogP contribution in [0.1, 0.15) is 90.4 Å². The van der Waals surface area contributed by atoms with Crippen molar-refractivity contribution in [2.24, 2.45) is 0 Å². The SMILES string of the molecule is CC[C@@]1(O)C(=O)OCc2c1cc1n(c2=O)Cc2c-1nc1cc(F)c(C)c3c1c2[C@@H](N(C)C(=O)COCNC(=O)CNC(=O)[C@H](Cc1ccccc1)NC(=O)CNC(=O)CNC(=O)COCCOCCOCCOCCOCCOCCOCCOCCNC(=O)CCCCCN1C(=O)C=CC1=O)CC3. The molecule has 0 saturated heterocycles. The molecule has 0 bridgehead atoms. The summed E-state index contributed by atoms with van der Waals surface area (Å²) >= 11 is 0. The number of halogens is 1. The number of ether oxygens (including phenoxy) is 10. The number of amides is 9. The Balaban J connectivity index is 0.613. The van der Waals surface area contributed by atoms with Gasteiger partial charge in [0.25, 0.3) is 17.4 Å². The molecule has 5 heterocycles. The highest BCUT2D eigenvalue weighted by Gasteiger charge is 2.46. The fourth-order valence-corrected chi connectivity index (χ4v) is 12.0. The van der Waals surface area contributed by atoms with Crippen molar-refractivity contribution in [2.75, 3.05) is 159 Å². The van der Waals surface area contributed by atoms with Gasteiger partial charge in [0, 0.05) is 67.7 Å². The minimum atomic E-state index is -2.06. The van der Waals surface area contributed by atoms with Gasteiger partial charge in [0.15, 0.2) is 5.60 Å². The van der Waals surface area contributed by atoms with Crippen LogP contribution in [0.4, 0.5) is 4.39 Å². The van der Waals surface area contributed by atoms with E-state index in [1.807, 2.05) is 0 Å². The third-order valence-corrected chi connectivity index (χ3v) is 17.6. The fraction of sp³-hybridized carbons (Fsp3) is 0.549. The highest BCUT2D eigenvalue weighted by atomic mass is 19.1. The average molecular weight is 1460 g/mol. The number of hydrogen-bond acceptors (Lipinski definition) is 23. The number of fused-ring (bicyclic) bond motifs is 5. The number of carbonyl (C=O) groups excluding carboxylic acids is 10. The van der Waals surface area contributed by atoms with Crippen LogP contribution in [-0.2, 0) is 127 Å². The first-order chi connectivity index (χ1) is 50.3. The van der Waals surface area contributed by atoms with Crippen LogP contribution in [0.15, 0.2) is 59.4 Å². The summed E-state index contributed by atoms with van der Waals surface area (Å²) in [6.07, 6.45) is 5.69. The number of rotatable bonds is 48. The van der Waals surface area contributed by atoms with E-state index in [0.29, 0.717) is 169 Å². The van der Waals surface area contributed by atoms with E-state index in [1.165, 1.54) is 32.6 Å². The Labute approximate surface area is 599 Å². The van der Waals surface area contributed by atoms with Crippen molar-refractivity contribution >= 4 is 70.0 Å². The third kappa shape index (κ3) is 23.2. The number of benzene rings is 2. The second kappa shape index (κ2) is 41.5. The highest BCUT2D eigenvalue weighted by Crippen LogP contribution is 2.47. The summed E-state index contributed by atoms with van der Waals surface area (Å²) in [5, 5.41) is 27.2. The molecule has 104 heavy (non-hydrogen) atoms. The van der Waals surface area contributed by atoms with Gasteiger partial charge in [0.05, 0.1) is 154 Å². The molecule has 9 amide bonds. The van der Waals surface area contributed by atoms with Crippen molar-refractivity contribution in [3.63, 3.8) is 0 Å². The summed E-state index contributed by atoms with van der Waals surface area (Å²) in [6.45, 7) is 5.99. The van der Waals surface area contributed by atoms with Crippen molar-refractivity contribution in [2.45, 2.75) is 96.1 Å². The van der Waals surface area contributed by atoms with Crippen LogP contribution in [0.2, 0.25) is 0 Å². The molecule has 0 spiro atoms. The zero-order valence-corrected chi connectivity index (χ0v) is 58.9. The quantitative estimate of drug-likeness (QED) is 0.0115. The number of nitrogens with zero attached hydrogens (tertiary/aromatic N) is 4. The molecule has 0 radical (unpaired) electrons. The van der Waals surface area contributed by atoms with Gasteiger partial charge in [0.1, 0.15) is 38.4 Å². The van der Waals surface area contributed by atoms with E-state index in [9.17, 15) is 57.8 Å². The standard InChI is InChI=1S/C71H93FN10O22/c1-4-71(94)51-36-56-67-49(41-82(56)69(92)50(51)42-104-70(71)93)66-55(15-14-48-46(2)52(72)37-53(79-67)65(48)66)80(3)64(90)44-103-45-77-59(85)39-76-68(91)54(35-47-11-7-5-8-12-47)78-60(86)40-74-58(84)38-75-61(87)43-102-34-33-101-32-31-100-30-29-99-28-27-98-26-25-97-24-23-96-22-21-95-20-18-73-57(83)13-9-6-10-19-81-62(88)16-17-63(81)89/h5,7-8,11-12,16-17,36-37,54-55,94H,4,6,9-10,13-15,18-35,38-45H2,1-3H3,(H,73,83)(H,74,84)(H,75,87)(H,76,91)(H,77,85)(H,78,86)/t54-,55-,71-/m0/s1. The van der Waals surface area contributed by atoms with Gasteiger partial charge < -0.3 is 93.8 Å². The van der Waals surface area contributed by atoms with Gasteiger partial charge in [-0.15, -0.1) is 0 Å². The Bertz CT molecular complexity index is 3750. The summed E-state index contributed by atoms with van der Waals surface area (Å²) in [5.74, 6) is -5.89. The molecule has 33 heteroatoms. The first kappa shape index (κ1) is 80.7. The third-order valence-electron chi connectivity index (χ3n) is 17.6. The summed E-state index contributed by atoms with van der Waals surface area (Å²) < 4.78 is 71.5. The van der Waals surface area contributed by atoms with Crippen LogP contribution < -0.4 is 37.5 Å². The number of unbranched alkanes of at least 4 members (excludes halogenated alkanes) is 2. The molecule has 0 saturated carbocycles. The highest BCUT2D eigenvalue weighted by molar-refractivity contribution is 6.12. The lowest BCUT2D eigenvalue weighted by Crippen LogP contribution is -2.52. The molecule has 566 valence electrons. The van der Waals surface area contributed by atoms with Crippen LogP contribution >= 0.6 is 0 Å². The number of imide groups is 1. The van der Waals surface area contributed by atoms with Gasteiger partial charge in [0.2, 0.25) is 41.4 Å². The number of aromatic nitrogens is 2. The van der Waals surface area contributed by atoms with Gasteiger partial charge in [-0.1, -0.05) is 43.7 Å². The smallest absolute Gasteiger partial charge is 0.343 e. The van der Waals surface area contributed by atoms with E-state index in [4.69, 9.17) is 52.4 Å². The number of aliphatic hydroxyl groups is 1. The number of nitrogens with one attached hydrogen (secondary N) is 6. The first-order valence-electron chi connectivity index (χ1n) is 34.8. The van der Waals surface area contributed by atoms with Crippen molar-refractivity contribution in [1.29, 1.82) is 0 Å². The van der Waals surface area contributed by atoms with Crippen LogP contribution in [0.5, 0.6) is 0 Å². The lowest BCUT2D eigenvalue weighted by molar-refractivity contribution is -0.172. The molecule has 4 aliphatic rings. The molecule has 3 aliphatic heterocycles. The lowest BCUT2D eigenvalue weighted by atomic mass is 9.81. The zero-order chi connectivity index (χ0) is 74.4. The number of hydrogen-bond donors (Lipinski definition) is 7. The average Bonchev–Trinajstić information content (AvgIpc) is 1.48. The topological polar surface area (TPSA) is 397 Å². The summed E-state index contributed by atoms with van der Waals surface area (Å²) in [7, 11) is 1.59. The van der Waals surface area contributed by atoms with Crippen LogP contribution in [-0.4, -0.2) is 248 Å². The van der Waals surface area contributed by atoms with Crippen LogP contribution in [0.25, 0.3) is 22.3 Å². The second-order valence-electron chi connectivity index (χ2n) is 24.7. The number of aryl methyl sites for hydroxylation is 1. The molecule has 1 aliphatic carbocycles. The van der Waals surface area contributed by atoms with E-state index in [2.05, 4.69) is 31.9 Å². The maximum atomic E-state index is 15.5. The first-order valence-corrected chi connectivity index (χ1v) is 34.8. The van der Waals surface area contributed by atoms with Crippen molar-refractivity contribution in [1.82, 2.24) is 51.3 Å². The minimum absolute atomic E-state index is 0.0224. The summed E-state index contributed by atoms with van der Waals surface area (Å²) in [4.78, 5) is 148. The number of pyridine rings is 2. The Hall–Kier alpha value is -9.03. The normalized spacial score (nSPS) is 15.8. The van der Waals surface area contributed by atoms with E-state index >= 15 is 4.39 Å². The molecule has 0 unspecified atom stereocenters. The maximum absolute atomic E-state index is 15.5. The molecule has 2 aromatic heterocycles. The molecule has 0 fully saturated rings. The van der Waals surface area contributed by atoms with E-state index < -0.39 is 103 Å². The van der Waals surface area contributed by atoms with Crippen molar-refractivity contribution < 1.29 is 105 Å². The molecule has 4 aromatic rings.